The van der Waals surface area contributed by atoms with Gasteiger partial charge in [-0.15, -0.1) is 0 Å². The Hall–Kier alpha value is -1.59. The first-order chi connectivity index (χ1) is 10.4. The molecule has 0 bridgehead atoms. The number of hydrogen-bond acceptors (Lipinski definition) is 3. The van der Waals surface area contributed by atoms with Gasteiger partial charge in [-0.05, 0) is 39.2 Å². The average Bonchev–Trinajstić information content (AvgIpc) is 2.47. The normalized spacial score (nSPS) is 19.5. The number of nitrogens with zero attached hydrogens (tertiary/aromatic N) is 2. The molecule has 1 amide bonds. The zero-order valence-corrected chi connectivity index (χ0v) is 13.7. The summed E-state index contributed by atoms with van der Waals surface area (Å²) in [5, 5.41) is 11.2. The molecule has 1 N–H and O–H groups in total. The van der Waals surface area contributed by atoms with Crippen LogP contribution >= 0.6 is 0 Å². The highest BCUT2D eigenvalue weighted by atomic mass is 16.7. The molecule has 0 aromatic heterocycles. The summed E-state index contributed by atoms with van der Waals surface area (Å²) in [5.74, 6) is 0. The summed E-state index contributed by atoms with van der Waals surface area (Å²) in [4.78, 5) is 18.8. The summed E-state index contributed by atoms with van der Waals surface area (Å²) in [6.07, 6.45) is 0.982. The number of likely N-dealkylation sites (tertiary alicyclic amines) is 1. The molecule has 1 aromatic rings. The molecule has 5 nitrogen and oxygen atoms in total. The highest BCUT2D eigenvalue weighted by Gasteiger charge is 2.34. The van der Waals surface area contributed by atoms with Crippen molar-refractivity contribution in [3.05, 3.63) is 35.9 Å². The maximum Gasteiger partial charge on any atom is 0.407 e. The fourth-order valence-electron chi connectivity index (χ4n) is 2.88. The lowest BCUT2D eigenvalue weighted by atomic mass is 10.0. The van der Waals surface area contributed by atoms with E-state index in [9.17, 15) is 9.90 Å². The summed E-state index contributed by atoms with van der Waals surface area (Å²) in [6, 6.07) is 10.1. The molecule has 1 atom stereocenters. The number of rotatable bonds is 4. The largest absolute Gasteiger partial charge is 0.465 e. The van der Waals surface area contributed by atoms with Crippen molar-refractivity contribution >= 4 is 6.09 Å². The van der Waals surface area contributed by atoms with Gasteiger partial charge < -0.3 is 10.0 Å². The molecule has 0 aliphatic carbocycles. The number of hydrogen-bond donors (Lipinski definition) is 1. The van der Waals surface area contributed by atoms with Crippen molar-refractivity contribution in [1.82, 2.24) is 9.96 Å². The number of carboxylic acid groups (broad SMARTS) is 1. The van der Waals surface area contributed by atoms with Crippen LogP contribution in [0.1, 0.15) is 39.2 Å². The van der Waals surface area contributed by atoms with Crippen molar-refractivity contribution in [3.63, 3.8) is 0 Å². The molecule has 1 heterocycles. The lowest BCUT2D eigenvalue weighted by Gasteiger charge is -2.44. The minimum atomic E-state index is -0.846. The molecule has 122 valence electrons. The number of benzene rings is 1. The Bertz CT molecular complexity index is 484. The molecule has 1 saturated heterocycles. The Morgan fingerprint density at radius 3 is 2.64 bits per heavy atom. The van der Waals surface area contributed by atoms with Gasteiger partial charge >= 0.3 is 6.09 Å². The second-order valence-corrected chi connectivity index (χ2v) is 6.78. The number of carbonyl (C=O) groups is 1. The molecule has 1 unspecified atom stereocenters. The van der Waals surface area contributed by atoms with Crippen molar-refractivity contribution in [2.24, 2.45) is 0 Å². The number of amides is 1. The Labute approximate surface area is 132 Å². The molecule has 1 aliphatic heterocycles. The standard InChI is InChI=1S/C17H26N2O3/c1-17(2,3)19(22-13-14-8-5-4-6-9-14)15-10-7-11-18(12-15)16(20)21/h4-6,8-9,15H,7,10-13H2,1-3H3,(H,20,21). The molecule has 5 heteroatoms. The van der Waals surface area contributed by atoms with Crippen LogP contribution in [0.15, 0.2) is 30.3 Å². The number of piperidine rings is 1. The van der Waals surface area contributed by atoms with Gasteiger partial charge in [-0.1, -0.05) is 30.3 Å². The zero-order chi connectivity index (χ0) is 16.2. The second kappa shape index (κ2) is 7.11. The topological polar surface area (TPSA) is 53.0 Å². The first kappa shape index (κ1) is 16.8. The van der Waals surface area contributed by atoms with E-state index in [-0.39, 0.29) is 11.6 Å². The molecular formula is C17H26N2O3. The fraction of sp³-hybridized carbons (Fsp3) is 0.588. The van der Waals surface area contributed by atoms with E-state index >= 15 is 0 Å². The summed E-state index contributed by atoms with van der Waals surface area (Å²) >= 11 is 0. The van der Waals surface area contributed by atoms with E-state index in [1.807, 2.05) is 35.4 Å². The average molecular weight is 306 g/mol. The molecule has 22 heavy (non-hydrogen) atoms. The van der Waals surface area contributed by atoms with Crippen LogP contribution < -0.4 is 0 Å². The van der Waals surface area contributed by atoms with Gasteiger partial charge in [0.25, 0.3) is 0 Å². The predicted octanol–water partition coefficient (Wildman–Crippen LogP) is 3.36. The highest BCUT2D eigenvalue weighted by molar-refractivity contribution is 5.65. The van der Waals surface area contributed by atoms with Crippen LogP contribution in [-0.4, -0.2) is 45.8 Å². The van der Waals surface area contributed by atoms with Crippen LogP contribution in [0.4, 0.5) is 4.79 Å². The Morgan fingerprint density at radius 1 is 1.36 bits per heavy atom. The lowest BCUT2D eigenvalue weighted by molar-refractivity contribution is -0.249. The van der Waals surface area contributed by atoms with Gasteiger partial charge in [0.2, 0.25) is 0 Å². The zero-order valence-electron chi connectivity index (χ0n) is 13.7. The van der Waals surface area contributed by atoms with Gasteiger partial charge in [0.15, 0.2) is 0 Å². The molecule has 0 spiro atoms. The van der Waals surface area contributed by atoms with Gasteiger partial charge in [0.05, 0.1) is 12.6 Å². The first-order valence-electron chi connectivity index (χ1n) is 7.82. The molecule has 1 aliphatic rings. The monoisotopic (exact) mass is 306 g/mol. The highest BCUT2D eigenvalue weighted by Crippen LogP contribution is 2.25. The minimum Gasteiger partial charge on any atom is -0.465 e. The molecule has 1 aromatic carbocycles. The second-order valence-electron chi connectivity index (χ2n) is 6.78. The predicted molar refractivity (Wildman–Crippen MR) is 85.4 cm³/mol. The third-order valence-corrected chi connectivity index (χ3v) is 3.87. The molecule has 1 fully saturated rings. The van der Waals surface area contributed by atoms with E-state index in [4.69, 9.17) is 4.84 Å². The van der Waals surface area contributed by atoms with Gasteiger partial charge in [-0.3, -0.25) is 4.84 Å². The van der Waals surface area contributed by atoms with Crippen molar-refractivity contribution in [3.8, 4) is 0 Å². The van der Waals surface area contributed by atoms with E-state index in [0.29, 0.717) is 19.7 Å². The smallest absolute Gasteiger partial charge is 0.407 e. The third kappa shape index (κ3) is 4.45. The third-order valence-electron chi connectivity index (χ3n) is 3.87. The van der Waals surface area contributed by atoms with E-state index in [0.717, 1.165) is 18.4 Å². The minimum absolute atomic E-state index is 0.0913. The van der Waals surface area contributed by atoms with Crippen LogP contribution in [0.3, 0.4) is 0 Å². The number of hydroxylamine groups is 2. The summed E-state index contributed by atoms with van der Waals surface area (Å²) in [6.45, 7) is 7.90. The summed E-state index contributed by atoms with van der Waals surface area (Å²) in [5.41, 5.74) is 0.934. The van der Waals surface area contributed by atoms with E-state index in [2.05, 4.69) is 20.8 Å². The first-order valence-corrected chi connectivity index (χ1v) is 7.82. The van der Waals surface area contributed by atoms with Gasteiger partial charge in [0, 0.05) is 18.6 Å². The Kier molecular flexibility index (Phi) is 5.42. The maximum absolute atomic E-state index is 11.2. The SMILES string of the molecule is CC(C)(C)N(OCc1ccccc1)C1CCCN(C(=O)O)C1. The van der Waals surface area contributed by atoms with Crippen molar-refractivity contribution in [2.75, 3.05) is 13.1 Å². The van der Waals surface area contributed by atoms with Gasteiger partial charge in [-0.25, -0.2) is 4.79 Å². The van der Waals surface area contributed by atoms with Crippen LogP contribution in [0.5, 0.6) is 0 Å². The van der Waals surface area contributed by atoms with Gasteiger partial charge in [-0.2, -0.15) is 5.06 Å². The van der Waals surface area contributed by atoms with Crippen LogP contribution in [0.25, 0.3) is 0 Å². The van der Waals surface area contributed by atoms with Crippen LogP contribution in [0.2, 0.25) is 0 Å². The van der Waals surface area contributed by atoms with Crippen molar-refractivity contribution in [2.45, 2.75) is 51.8 Å². The van der Waals surface area contributed by atoms with E-state index in [1.165, 1.54) is 4.90 Å². The van der Waals surface area contributed by atoms with Crippen molar-refractivity contribution < 1.29 is 14.7 Å². The lowest BCUT2D eigenvalue weighted by Crippen LogP contribution is -2.55. The van der Waals surface area contributed by atoms with Crippen molar-refractivity contribution in [1.29, 1.82) is 0 Å². The Morgan fingerprint density at radius 2 is 2.05 bits per heavy atom. The molecule has 0 saturated carbocycles. The molecular weight excluding hydrogens is 280 g/mol. The van der Waals surface area contributed by atoms with Crippen LogP contribution in [-0.2, 0) is 11.4 Å². The molecule has 0 radical (unpaired) electrons. The van der Waals surface area contributed by atoms with Crippen LogP contribution in [0, 0.1) is 0 Å². The van der Waals surface area contributed by atoms with Gasteiger partial charge in [0.1, 0.15) is 0 Å². The maximum atomic E-state index is 11.2. The Balaban J connectivity index is 2.04. The van der Waals surface area contributed by atoms with E-state index in [1.54, 1.807) is 0 Å². The summed E-state index contributed by atoms with van der Waals surface area (Å²) < 4.78 is 0. The fourth-order valence-corrected chi connectivity index (χ4v) is 2.88. The summed E-state index contributed by atoms with van der Waals surface area (Å²) in [7, 11) is 0. The van der Waals surface area contributed by atoms with E-state index < -0.39 is 6.09 Å². The molecule has 2 rings (SSSR count). The quantitative estimate of drug-likeness (QED) is 0.867.